The number of nitriles is 1. The largest absolute Gasteiger partial charge is 0.462 e. The van der Waals surface area contributed by atoms with Crippen molar-refractivity contribution < 1.29 is 27.8 Å². The molecule has 142 valence electrons. The van der Waals surface area contributed by atoms with Crippen molar-refractivity contribution >= 4 is 22.8 Å². The molecule has 0 amide bonds. The van der Waals surface area contributed by atoms with E-state index in [0.29, 0.717) is 0 Å². The molecule has 1 aromatic carbocycles. The number of aromatic nitrogens is 1. The van der Waals surface area contributed by atoms with Gasteiger partial charge in [0.25, 0.3) is 0 Å². The molecule has 1 aromatic heterocycles. The highest BCUT2D eigenvalue weighted by Crippen LogP contribution is 2.24. The van der Waals surface area contributed by atoms with Crippen LogP contribution in [0.5, 0.6) is 0 Å². The highest BCUT2D eigenvalue weighted by molar-refractivity contribution is 5.94. The van der Waals surface area contributed by atoms with E-state index in [0.717, 1.165) is 12.3 Å². The van der Waals surface area contributed by atoms with Gasteiger partial charge in [-0.05, 0) is 19.9 Å². The number of hydrogen-bond acceptors (Lipinski definition) is 6. The van der Waals surface area contributed by atoms with E-state index in [1.54, 1.807) is 19.9 Å². The first-order valence-electron chi connectivity index (χ1n) is 8.09. The monoisotopic (exact) mass is 378 g/mol. The van der Waals surface area contributed by atoms with Crippen molar-refractivity contribution in [1.82, 2.24) is 4.57 Å². The van der Waals surface area contributed by atoms with Crippen LogP contribution in [-0.4, -0.2) is 29.7 Å². The predicted molar refractivity (Wildman–Crippen MR) is 90.0 cm³/mol. The number of benzene rings is 1. The van der Waals surface area contributed by atoms with Gasteiger partial charge in [0.05, 0.1) is 23.9 Å². The number of rotatable bonds is 6. The highest BCUT2D eigenvalue weighted by atomic mass is 19.1. The smallest absolute Gasteiger partial charge is 0.343 e. The molecule has 1 heterocycles. The Bertz CT molecular complexity index is 1010. The maximum absolute atomic E-state index is 14.9. The second-order valence-corrected chi connectivity index (χ2v) is 5.42. The lowest BCUT2D eigenvalue weighted by molar-refractivity contribution is -0.141. The van der Waals surface area contributed by atoms with E-state index in [-0.39, 0.29) is 29.6 Å². The van der Waals surface area contributed by atoms with Crippen LogP contribution in [0.25, 0.3) is 10.9 Å². The van der Waals surface area contributed by atoms with E-state index in [4.69, 9.17) is 10.00 Å². The van der Waals surface area contributed by atoms with Gasteiger partial charge in [-0.3, -0.25) is 9.59 Å². The van der Waals surface area contributed by atoms with Crippen LogP contribution in [0.2, 0.25) is 0 Å². The summed E-state index contributed by atoms with van der Waals surface area (Å²) in [6, 6.07) is 2.36. The molecule has 0 unspecified atom stereocenters. The maximum atomic E-state index is 14.9. The van der Waals surface area contributed by atoms with Crippen LogP contribution in [0, 0.1) is 23.0 Å². The van der Waals surface area contributed by atoms with Gasteiger partial charge in [0.2, 0.25) is 5.43 Å². The molecule has 0 atom stereocenters. The minimum absolute atomic E-state index is 0.0366. The van der Waals surface area contributed by atoms with Crippen molar-refractivity contribution in [3.63, 3.8) is 0 Å². The lowest BCUT2D eigenvalue weighted by atomic mass is 10.0. The van der Waals surface area contributed by atoms with Gasteiger partial charge < -0.3 is 14.0 Å². The van der Waals surface area contributed by atoms with Gasteiger partial charge in [0, 0.05) is 18.3 Å². The highest BCUT2D eigenvalue weighted by Gasteiger charge is 2.23. The van der Waals surface area contributed by atoms with Crippen LogP contribution in [0.4, 0.5) is 8.78 Å². The van der Waals surface area contributed by atoms with Crippen molar-refractivity contribution in [2.45, 2.75) is 26.8 Å². The summed E-state index contributed by atoms with van der Waals surface area (Å²) >= 11 is 0. The summed E-state index contributed by atoms with van der Waals surface area (Å²) in [5.74, 6) is -4.11. The molecule has 27 heavy (non-hydrogen) atoms. The lowest BCUT2D eigenvalue weighted by Gasteiger charge is -2.14. The molecule has 0 N–H and O–H groups in total. The van der Waals surface area contributed by atoms with Gasteiger partial charge in [0.1, 0.15) is 17.4 Å². The zero-order valence-electron chi connectivity index (χ0n) is 14.7. The molecular formula is C18H16F2N2O5. The Hall–Kier alpha value is -3.28. The third-order valence-electron chi connectivity index (χ3n) is 3.80. The molecular weight excluding hydrogens is 362 g/mol. The average Bonchev–Trinajstić information content (AvgIpc) is 2.64. The van der Waals surface area contributed by atoms with Gasteiger partial charge >= 0.3 is 11.9 Å². The van der Waals surface area contributed by atoms with E-state index < -0.39 is 47.6 Å². The van der Waals surface area contributed by atoms with Gasteiger partial charge in [0.15, 0.2) is 12.4 Å². The van der Waals surface area contributed by atoms with Crippen LogP contribution in [0.15, 0.2) is 17.1 Å². The van der Waals surface area contributed by atoms with E-state index in [2.05, 4.69) is 4.74 Å². The summed E-state index contributed by atoms with van der Waals surface area (Å²) in [4.78, 5) is 36.1. The molecule has 0 spiro atoms. The number of fused-ring (bicyclic) bond motifs is 1. The summed E-state index contributed by atoms with van der Waals surface area (Å²) in [5.41, 5.74) is -2.04. The second kappa shape index (κ2) is 8.40. The minimum atomic E-state index is -1.13. The molecule has 0 radical (unpaired) electrons. The molecule has 0 saturated carbocycles. The molecule has 2 aromatic rings. The first-order chi connectivity index (χ1) is 12.8. The zero-order valence-corrected chi connectivity index (χ0v) is 14.7. The third-order valence-corrected chi connectivity index (χ3v) is 3.80. The number of ether oxygens (including phenoxy) is 2. The molecule has 0 bridgehead atoms. The molecule has 0 aliphatic rings. The summed E-state index contributed by atoms with van der Waals surface area (Å²) in [6.07, 6.45) is 0.397. The molecule has 0 saturated heterocycles. The molecule has 0 aliphatic carbocycles. The fourth-order valence-electron chi connectivity index (χ4n) is 2.60. The van der Waals surface area contributed by atoms with Gasteiger partial charge in [-0.15, -0.1) is 0 Å². The number of pyridine rings is 1. The molecule has 0 aliphatic heterocycles. The topological polar surface area (TPSA) is 98.4 Å². The number of aryl methyl sites for hydroxylation is 1. The molecule has 9 heteroatoms. The second-order valence-electron chi connectivity index (χ2n) is 5.42. The average molecular weight is 378 g/mol. The maximum Gasteiger partial charge on any atom is 0.343 e. The molecule has 7 nitrogen and oxygen atoms in total. The normalized spacial score (nSPS) is 10.5. The summed E-state index contributed by atoms with van der Waals surface area (Å²) < 4.78 is 39.9. The van der Waals surface area contributed by atoms with E-state index >= 15 is 0 Å². The van der Waals surface area contributed by atoms with Crippen LogP contribution in [0.3, 0.4) is 0 Å². The SMILES string of the molecule is CCOC(=O)c1cn(CC)c2c(F)c(CC(=O)OCC#N)c(F)cc2c1=O. The van der Waals surface area contributed by atoms with Crippen LogP contribution in [-0.2, 0) is 27.2 Å². The Balaban J connectivity index is 2.68. The van der Waals surface area contributed by atoms with E-state index in [9.17, 15) is 23.2 Å². The number of halogens is 2. The summed E-state index contributed by atoms with van der Waals surface area (Å²) in [7, 11) is 0. The fourth-order valence-corrected chi connectivity index (χ4v) is 2.60. The first-order valence-corrected chi connectivity index (χ1v) is 8.09. The minimum Gasteiger partial charge on any atom is -0.462 e. The Labute approximate surface area is 152 Å². The lowest BCUT2D eigenvalue weighted by Crippen LogP contribution is -2.22. The number of esters is 2. The Morgan fingerprint density at radius 1 is 1.26 bits per heavy atom. The number of carbonyl (C=O) groups is 2. The van der Waals surface area contributed by atoms with Crippen molar-refractivity contribution in [1.29, 1.82) is 5.26 Å². The van der Waals surface area contributed by atoms with Gasteiger partial charge in [-0.25, -0.2) is 13.6 Å². The molecule has 2 rings (SSSR count). The first kappa shape index (κ1) is 20.0. The number of carbonyl (C=O) groups excluding carboxylic acids is 2. The Morgan fingerprint density at radius 2 is 1.96 bits per heavy atom. The summed E-state index contributed by atoms with van der Waals surface area (Å²) in [6.45, 7) is 2.87. The predicted octanol–water partition coefficient (Wildman–Crippen LogP) is 2.09. The fraction of sp³-hybridized carbons (Fsp3) is 0.333. The number of hydrogen-bond donors (Lipinski definition) is 0. The van der Waals surface area contributed by atoms with E-state index in [1.807, 2.05) is 0 Å². The van der Waals surface area contributed by atoms with Crippen molar-refractivity contribution in [3.8, 4) is 6.07 Å². The number of nitrogens with zero attached hydrogens (tertiary/aromatic N) is 2. The van der Waals surface area contributed by atoms with Crippen molar-refractivity contribution in [2.75, 3.05) is 13.2 Å². The van der Waals surface area contributed by atoms with Gasteiger partial charge in [-0.2, -0.15) is 5.26 Å². The zero-order chi connectivity index (χ0) is 20.1. The van der Waals surface area contributed by atoms with Crippen molar-refractivity contribution in [2.24, 2.45) is 0 Å². The van der Waals surface area contributed by atoms with Crippen LogP contribution in [0.1, 0.15) is 29.8 Å². The molecule has 0 fully saturated rings. The quantitative estimate of drug-likeness (QED) is 0.714. The van der Waals surface area contributed by atoms with Gasteiger partial charge in [-0.1, -0.05) is 0 Å². The summed E-state index contributed by atoms with van der Waals surface area (Å²) in [5, 5.41) is 8.05. The Kier molecular flexibility index (Phi) is 6.23. The standard InChI is InChI=1S/C18H16F2N2O5/c1-3-22-9-12(18(25)26-4-2)17(24)11-7-13(19)10(15(20)16(11)22)8-14(23)27-6-5-21/h7,9H,3-4,6,8H2,1-2H3. The van der Waals surface area contributed by atoms with E-state index in [1.165, 1.54) is 4.57 Å². The van der Waals surface area contributed by atoms with Crippen LogP contribution >= 0.6 is 0 Å². The van der Waals surface area contributed by atoms with Crippen molar-refractivity contribution in [3.05, 3.63) is 45.2 Å². The Morgan fingerprint density at radius 3 is 2.56 bits per heavy atom. The van der Waals surface area contributed by atoms with Crippen LogP contribution < -0.4 is 5.43 Å². The third kappa shape index (κ3) is 3.95.